The van der Waals surface area contributed by atoms with Crippen molar-refractivity contribution in [2.75, 3.05) is 18.4 Å². The normalized spacial score (nSPS) is 22.6. The first-order chi connectivity index (χ1) is 9.02. The molecule has 1 fully saturated rings. The van der Waals surface area contributed by atoms with E-state index in [0.717, 1.165) is 25.2 Å². The smallest absolute Gasteiger partial charge is 0.256 e. The van der Waals surface area contributed by atoms with Gasteiger partial charge >= 0.3 is 0 Å². The van der Waals surface area contributed by atoms with Gasteiger partial charge in [0.2, 0.25) is 0 Å². The lowest BCUT2D eigenvalue weighted by molar-refractivity contribution is 0.0744. The van der Waals surface area contributed by atoms with Crippen LogP contribution in [0.15, 0.2) is 18.2 Å². The molecule has 104 valence electrons. The Morgan fingerprint density at radius 2 is 2.21 bits per heavy atom. The van der Waals surface area contributed by atoms with Gasteiger partial charge < -0.3 is 10.2 Å². The van der Waals surface area contributed by atoms with Gasteiger partial charge in [-0.15, -0.1) is 0 Å². The molecule has 2 rings (SSSR count). The van der Waals surface area contributed by atoms with Crippen molar-refractivity contribution >= 4 is 23.2 Å². The van der Waals surface area contributed by atoms with Gasteiger partial charge in [-0.2, -0.15) is 0 Å². The van der Waals surface area contributed by atoms with Gasteiger partial charge in [-0.25, -0.2) is 0 Å². The predicted molar refractivity (Wildman–Crippen MR) is 79.9 cm³/mol. The summed E-state index contributed by atoms with van der Waals surface area (Å²) in [5, 5.41) is 3.83. The SMILES string of the molecule is CCNc1ccc(Cl)cc1C(=O)N1CC(C)CC1C. The van der Waals surface area contributed by atoms with E-state index in [0.29, 0.717) is 22.5 Å². The molecular weight excluding hydrogens is 260 g/mol. The lowest BCUT2D eigenvalue weighted by Gasteiger charge is -2.23. The number of hydrogen-bond acceptors (Lipinski definition) is 2. The lowest BCUT2D eigenvalue weighted by Crippen LogP contribution is -2.34. The van der Waals surface area contributed by atoms with Crippen LogP contribution in [0.1, 0.15) is 37.6 Å². The molecular formula is C15H21ClN2O. The minimum Gasteiger partial charge on any atom is -0.385 e. The highest BCUT2D eigenvalue weighted by molar-refractivity contribution is 6.31. The maximum atomic E-state index is 12.7. The molecule has 0 bridgehead atoms. The molecule has 0 aromatic heterocycles. The number of hydrogen-bond donors (Lipinski definition) is 1. The molecule has 19 heavy (non-hydrogen) atoms. The minimum absolute atomic E-state index is 0.0790. The number of rotatable bonds is 3. The molecule has 0 aliphatic carbocycles. The molecule has 1 aromatic rings. The third kappa shape index (κ3) is 3.03. The van der Waals surface area contributed by atoms with Crippen molar-refractivity contribution in [3.63, 3.8) is 0 Å². The molecule has 0 saturated carbocycles. The van der Waals surface area contributed by atoms with E-state index in [-0.39, 0.29) is 5.91 Å². The molecule has 1 N–H and O–H groups in total. The van der Waals surface area contributed by atoms with Crippen molar-refractivity contribution in [3.05, 3.63) is 28.8 Å². The highest BCUT2D eigenvalue weighted by Gasteiger charge is 2.31. The summed E-state index contributed by atoms with van der Waals surface area (Å²) < 4.78 is 0. The molecule has 4 heteroatoms. The number of halogens is 1. The molecule has 2 unspecified atom stereocenters. The maximum Gasteiger partial charge on any atom is 0.256 e. The van der Waals surface area contributed by atoms with Crippen molar-refractivity contribution in [2.45, 2.75) is 33.2 Å². The van der Waals surface area contributed by atoms with Gasteiger partial charge in [-0.3, -0.25) is 4.79 Å². The number of amides is 1. The first kappa shape index (κ1) is 14.2. The van der Waals surface area contributed by atoms with Crippen LogP contribution in [0.2, 0.25) is 5.02 Å². The van der Waals surface area contributed by atoms with E-state index >= 15 is 0 Å². The number of anilines is 1. The zero-order valence-electron chi connectivity index (χ0n) is 11.7. The number of nitrogens with zero attached hydrogens (tertiary/aromatic N) is 1. The van der Waals surface area contributed by atoms with Crippen molar-refractivity contribution in [3.8, 4) is 0 Å². The van der Waals surface area contributed by atoms with Crippen molar-refractivity contribution < 1.29 is 4.79 Å². The van der Waals surface area contributed by atoms with Crippen LogP contribution in [-0.4, -0.2) is 29.9 Å². The summed E-state index contributed by atoms with van der Waals surface area (Å²) >= 11 is 6.03. The molecule has 0 radical (unpaired) electrons. The molecule has 1 saturated heterocycles. The topological polar surface area (TPSA) is 32.3 Å². The summed E-state index contributed by atoms with van der Waals surface area (Å²) in [6.45, 7) is 7.93. The first-order valence-electron chi connectivity index (χ1n) is 6.87. The third-order valence-electron chi connectivity index (χ3n) is 3.62. The molecule has 1 aromatic carbocycles. The number of benzene rings is 1. The van der Waals surface area contributed by atoms with E-state index in [9.17, 15) is 4.79 Å². The Balaban J connectivity index is 2.29. The second-order valence-corrected chi connectivity index (χ2v) is 5.80. The minimum atomic E-state index is 0.0790. The Morgan fingerprint density at radius 1 is 1.47 bits per heavy atom. The third-order valence-corrected chi connectivity index (χ3v) is 3.86. The van der Waals surface area contributed by atoms with Gasteiger partial charge in [0.05, 0.1) is 5.56 Å². The Bertz CT molecular complexity index is 475. The van der Waals surface area contributed by atoms with Crippen molar-refractivity contribution in [1.82, 2.24) is 4.90 Å². The fraction of sp³-hybridized carbons (Fsp3) is 0.533. The average molecular weight is 281 g/mol. The van der Waals surface area contributed by atoms with Crippen LogP contribution >= 0.6 is 11.6 Å². The second kappa shape index (κ2) is 5.83. The molecule has 0 spiro atoms. The van der Waals surface area contributed by atoms with Crippen molar-refractivity contribution in [1.29, 1.82) is 0 Å². The first-order valence-corrected chi connectivity index (χ1v) is 7.25. The number of carbonyl (C=O) groups excluding carboxylic acids is 1. The van der Waals surface area contributed by atoms with E-state index in [4.69, 9.17) is 11.6 Å². The summed E-state index contributed by atoms with van der Waals surface area (Å²) in [6, 6.07) is 5.75. The Kier molecular flexibility index (Phi) is 4.35. The molecule has 1 aliphatic rings. The fourth-order valence-electron chi connectivity index (χ4n) is 2.78. The van der Waals surface area contributed by atoms with Crippen LogP contribution < -0.4 is 5.32 Å². The van der Waals surface area contributed by atoms with Crippen LogP contribution in [0.3, 0.4) is 0 Å². The van der Waals surface area contributed by atoms with E-state index in [2.05, 4.69) is 19.2 Å². The van der Waals surface area contributed by atoms with Gasteiger partial charge in [0, 0.05) is 29.8 Å². The highest BCUT2D eigenvalue weighted by atomic mass is 35.5. The van der Waals surface area contributed by atoms with Gasteiger partial charge in [0.15, 0.2) is 0 Å². The predicted octanol–water partition coefficient (Wildman–Crippen LogP) is 3.64. The number of likely N-dealkylation sites (tertiary alicyclic amines) is 1. The Labute approximate surface area is 119 Å². The van der Waals surface area contributed by atoms with Crippen LogP contribution in [-0.2, 0) is 0 Å². The van der Waals surface area contributed by atoms with E-state index < -0.39 is 0 Å². The number of carbonyl (C=O) groups is 1. The van der Waals surface area contributed by atoms with Crippen molar-refractivity contribution in [2.24, 2.45) is 5.92 Å². The van der Waals surface area contributed by atoms with E-state index in [1.54, 1.807) is 6.07 Å². The van der Waals surface area contributed by atoms with Crippen LogP contribution in [0.4, 0.5) is 5.69 Å². The van der Waals surface area contributed by atoms with Gasteiger partial charge in [-0.1, -0.05) is 18.5 Å². The fourth-order valence-corrected chi connectivity index (χ4v) is 2.95. The maximum absolute atomic E-state index is 12.7. The summed E-state index contributed by atoms with van der Waals surface area (Å²) in [5.74, 6) is 0.649. The van der Waals surface area contributed by atoms with E-state index in [1.165, 1.54) is 0 Å². The van der Waals surface area contributed by atoms with Crippen LogP contribution in [0.25, 0.3) is 0 Å². The standard InChI is InChI=1S/C15H21ClN2O/c1-4-17-14-6-5-12(16)8-13(14)15(19)18-9-10(2)7-11(18)3/h5-6,8,10-11,17H,4,7,9H2,1-3H3. The molecule has 2 atom stereocenters. The van der Waals surface area contributed by atoms with Gasteiger partial charge in [0.1, 0.15) is 0 Å². The summed E-state index contributed by atoms with van der Waals surface area (Å²) in [7, 11) is 0. The van der Waals surface area contributed by atoms with Crippen LogP contribution in [0.5, 0.6) is 0 Å². The van der Waals surface area contributed by atoms with E-state index in [1.807, 2.05) is 24.0 Å². The van der Waals surface area contributed by atoms with Gasteiger partial charge in [-0.05, 0) is 44.4 Å². The monoisotopic (exact) mass is 280 g/mol. The zero-order valence-corrected chi connectivity index (χ0v) is 12.5. The highest BCUT2D eigenvalue weighted by Crippen LogP contribution is 2.28. The molecule has 1 aliphatic heterocycles. The zero-order chi connectivity index (χ0) is 14.0. The molecule has 1 heterocycles. The van der Waals surface area contributed by atoms with Crippen LogP contribution in [0, 0.1) is 5.92 Å². The second-order valence-electron chi connectivity index (χ2n) is 5.37. The molecule has 1 amide bonds. The largest absolute Gasteiger partial charge is 0.385 e. The lowest BCUT2D eigenvalue weighted by atomic mass is 10.1. The summed E-state index contributed by atoms with van der Waals surface area (Å²) in [5.41, 5.74) is 1.54. The Hall–Kier alpha value is -1.22. The summed E-state index contributed by atoms with van der Waals surface area (Å²) in [4.78, 5) is 14.6. The molecule has 3 nitrogen and oxygen atoms in total. The Morgan fingerprint density at radius 3 is 2.79 bits per heavy atom. The average Bonchev–Trinajstić information content (AvgIpc) is 2.70. The van der Waals surface area contributed by atoms with Gasteiger partial charge in [0.25, 0.3) is 5.91 Å². The quantitative estimate of drug-likeness (QED) is 0.917. The summed E-state index contributed by atoms with van der Waals surface area (Å²) in [6.07, 6.45) is 1.07. The number of nitrogens with one attached hydrogen (secondary N) is 1.